The molecule has 1 aromatic carbocycles. The average Bonchev–Trinajstić information content (AvgIpc) is 3.09. The third-order valence-electron chi connectivity index (χ3n) is 4.04. The van der Waals surface area contributed by atoms with Gasteiger partial charge in [0, 0.05) is 0 Å². The molecule has 0 radical (unpaired) electrons. The Morgan fingerprint density at radius 2 is 1.68 bits per heavy atom. The number of alkyl halides is 3. The summed E-state index contributed by atoms with van der Waals surface area (Å²) in [5, 5.41) is -2.02. The summed E-state index contributed by atoms with van der Waals surface area (Å²) in [6.45, 7) is 6.02. The number of nitrogens with one attached hydrogen (secondary N) is 1. The number of aromatic nitrogens is 1. The van der Waals surface area contributed by atoms with E-state index in [1.807, 2.05) is 0 Å². The van der Waals surface area contributed by atoms with Crippen LogP contribution >= 0.6 is 18.9 Å². The van der Waals surface area contributed by atoms with E-state index in [2.05, 4.69) is 15.0 Å². The van der Waals surface area contributed by atoms with E-state index >= 15 is 0 Å². The standard InChI is InChI=1S/C19H26F3N2O5PS/c1-12(2)10-28-30(26,29-11-13(3)4)18(16(25)27-5,19(20,21)22)24-17-23-14-8-6-7-9-15(14)31-17/h6-9,12-13H,10-11H2,1-5H3,(H,23,24). The van der Waals surface area contributed by atoms with Gasteiger partial charge in [-0.2, -0.15) is 13.2 Å². The molecule has 12 heteroatoms. The Balaban J connectivity index is 2.68. The molecule has 31 heavy (non-hydrogen) atoms. The van der Waals surface area contributed by atoms with E-state index in [9.17, 15) is 22.5 Å². The smallest absolute Gasteiger partial charge is 0.434 e. The number of anilines is 1. The minimum absolute atomic E-state index is 0.273. The Morgan fingerprint density at radius 1 is 1.13 bits per heavy atom. The minimum atomic E-state index is -5.40. The number of hydrogen-bond donors (Lipinski definition) is 1. The van der Waals surface area contributed by atoms with Gasteiger partial charge in [-0.3, -0.25) is 4.57 Å². The maximum atomic E-state index is 14.6. The lowest BCUT2D eigenvalue weighted by Crippen LogP contribution is -2.59. The summed E-state index contributed by atoms with van der Waals surface area (Å²) < 4.78 is 73.0. The van der Waals surface area contributed by atoms with Crippen molar-refractivity contribution >= 4 is 40.3 Å². The lowest BCUT2D eigenvalue weighted by Gasteiger charge is -2.38. The molecule has 1 aromatic heterocycles. The van der Waals surface area contributed by atoms with Crippen molar-refractivity contribution in [3.05, 3.63) is 24.3 Å². The number of para-hydroxylation sites is 1. The first-order valence-corrected chi connectivity index (χ1v) is 11.9. The molecule has 0 aliphatic carbocycles. The first-order chi connectivity index (χ1) is 14.4. The number of ether oxygens (including phenoxy) is 1. The summed E-state index contributed by atoms with van der Waals surface area (Å²) in [5.41, 5.74) is 0.414. The van der Waals surface area contributed by atoms with Crippen LogP contribution in [0.15, 0.2) is 24.3 Å². The van der Waals surface area contributed by atoms with Gasteiger partial charge in [-0.15, -0.1) is 0 Å². The van der Waals surface area contributed by atoms with Crippen molar-refractivity contribution in [1.82, 2.24) is 4.98 Å². The van der Waals surface area contributed by atoms with Crippen LogP contribution < -0.4 is 5.32 Å². The molecular formula is C19H26F3N2O5PS. The fourth-order valence-corrected chi connectivity index (χ4v) is 5.84. The van der Waals surface area contributed by atoms with Crippen LogP contribution in [-0.4, -0.2) is 42.7 Å². The van der Waals surface area contributed by atoms with E-state index in [-0.39, 0.29) is 30.2 Å². The number of thiazole rings is 1. The maximum absolute atomic E-state index is 14.6. The molecular weight excluding hydrogens is 456 g/mol. The number of carbonyl (C=O) groups excluding carboxylic acids is 1. The number of carbonyl (C=O) groups is 1. The van der Waals surface area contributed by atoms with Gasteiger partial charge in [0.05, 0.1) is 30.5 Å². The van der Waals surface area contributed by atoms with E-state index in [4.69, 9.17) is 9.05 Å². The van der Waals surface area contributed by atoms with Gasteiger partial charge in [-0.05, 0) is 24.0 Å². The van der Waals surface area contributed by atoms with Crippen LogP contribution in [0, 0.1) is 11.8 Å². The topological polar surface area (TPSA) is 86.8 Å². The van der Waals surface area contributed by atoms with Crippen LogP contribution in [0.4, 0.5) is 18.3 Å². The molecule has 0 bridgehead atoms. The molecule has 0 spiro atoms. The molecule has 0 aliphatic heterocycles. The average molecular weight is 482 g/mol. The van der Waals surface area contributed by atoms with Crippen molar-refractivity contribution in [1.29, 1.82) is 0 Å². The highest BCUT2D eigenvalue weighted by Gasteiger charge is 2.75. The van der Waals surface area contributed by atoms with Gasteiger partial charge >= 0.3 is 25.0 Å². The van der Waals surface area contributed by atoms with Gasteiger partial charge in [-0.25, -0.2) is 9.78 Å². The molecule has 174 valence electrons. The van der Waals surface area contributed by atoms with Gasteiger partial charge in [0.2, 0.25) is 0 Å². The lowest BCUT2D eigenvalue weighted by atomic mass is 10.2. The molecule has 0 amide bonds. The Morgan fingerprint density at radius 3 is 2.13 bits per heavy atom. The molecule has 1 N–H and O–H groups in total. The second kappa shape index (κ2) is 9.85. The molecule has 2 rings (SSSR count). The van der Waals surface area contributed by atoms with Gasteiger partial charge in [-0.1, -0.05) is 51.2 Å². The monoisotopic (exact) mass is 482 g/mol. The number of nitrogens with zero attached hydrogens (tertiary/aromatic N) is 1. The number of halogens is 3. The highest BCUT2D eigenvalue weighted by Crippen LogP contribution is 2.66. The Labute approximate surface area is 182 Å². The molecule has 1 atom stereocenters. The van der Waals surface area contributed by atoms with E-state index in [1.165, 1.54) is 0 Å². The highest BCUT2D eigenvalue weighted by molar-refractivity contribution is 7.57. The quantitative estimate of drug-likeness (QED) is 0.344. The van der Waals surface area contributed by atoms with Crippen molar-refractivity contribution in [2.24, 2.45) is 11.8 Å². The summed E-state index contributed by atoms with van der Waals surface area (Å²) >= 11 is 0.871. The van der Waals surface area contributed by atoms with Gasteiger partial charge in [0.15, 0.2) is 5.13 Å². The summed E-state index contributed by atoms with van der Waals surface area (Å²) in [4.78, 5) is 16.8. The minimum Gasteiger partial charge on any atom is -0.467 e. The van der Waals surface area contributed by atoms with Gasteiger partial charge < -0.3 is 19.1 Å². The van der Waals surface area contributed by atoms with Crippen molar-refractivity contribution < 1.29 is 36.3 Å². The number of methoxy groups -OCH3 is 1. The molecule has 7 nitrogen and oxygen atoms in total. The highest BCUT2D eigenvalue weighted by atomic mass is 32.1. The lowest BCUT2D eigenvalue weighted by molar-refractivity contribution is -0.186. The van der Waals surface area contributed by atoms with Crippen LogP contribution in [-0.2, 0) is 23.1 Å². The fraction of sp³-hybridized carbons (Fsp3) is 0.579. The summed E-state index contributed by atoms with van der Waals surface area (Å²) in [6.07, 6.45) is -5.40. The van der Waals surface area contributed by atoms with E-state index in [0.29, 0.717) is 10.2 Å². The predicted octanol–water partition coefficient (Wildman–Crippen LogP) is 5.68. The normalized spacial score (nSPS) is 14.8. The van der Waals surface area contributed by atoms with E-state index in [1.54, 1.807) is 52.0 Å². The first-order valence-electron chi connectivity index (χ1n) is 9.54. The zero-order valence-electron chi connectivity index (χ0n) is 17.9. The molecule has 0 fully saturated rings. The number of rotatable bonds is 10. The van der Waals surface area contributed by atoms with Crippen LogP contribution in [0.1, 0.15) is 27.7 Å². The SMILES string of the molecule is COC(=O)C(Nc1nc2ccccc2s1)(C(F)(F)F)P(=O)(OCC(C)C)OCC(C)C. The van der Waals surface area contributed by atoms with Crippen molar-refractivity contribution in [2.45, 2.75) is 39.2 Å². The second-order valence-electron chi connectivity index (χ2n) is 7.69. The number of esters is 1. The van der Waals surface area contributed by atoms with E-state index < -0.39 is 25.0 Å². The zero-order valence-corrected chi connectivity index (χ0v) is 19.6. The van der Waals surface area contributed by atoms with Crippen molar-refractivity contribution in [2.75, 3.05) is 25.6 Å². The number of hydrogen-bond acceptors (Lipinski definition) is 8. The predicted molar refractivity (Wildman–Crippen MR) is 113 cm³/mol. The summed E-state index contributed by atoms with van der Waals surface area (Å²) in [7, 11) is -4.44. The number of benzene rings is 1. The largest absolute Gasteiger partial charge is 0.467 e. The maximum Gasteiger partial charge on any atom is 0.434 e. The second-order valence-corrected chi connectivity index (χ2v) is 10.9. The van der Waals surface area contributed by atoms with Gasteiger partial charge in [0.1, 0.15) is 0 Å². The van der Waals surface area contributed by atoms with Crippen molar-refractivity contribution in [3.8, 4) is 0 Å². The molecule has 0 saturated carbocycles. The van der Waals surface area contributed by atoms with Crippen molar-refractivity contribution in [3.63, 3.8) is 0 Å². The Kier molecular flexibility index (Phi) is 8.13. The van der Waals surface area contributed by atoms with Crippen LogP contribution in [0.5, 0.6) is 0 Å². The fourth-order valence-electron chi connectivity index (χ4n) is 2.53. The van der Waals surface area contributed by atoms with Crippen LogP contribution in [0.3, 0.4) is 0 Å². The summed E-state index contributed by atoms with van der Waals surface area (Å²) in [5.74, 6) is -2.39. The van der Waals surface area contributed by atoms with Crippen LogP contribution in [0.2, 0.25) is 0 Å². The third kappa shape index (κ3) is 5.39. The number of fused-ring (bicyclic) bond motifs is 1. The van der Waals surface area contributed by atoms with Gasteiger partial charge in [0.25, 0.3) is 0 Å². The Bertz CT molecular complexity index is 901. The molecule has 0 aliphatic rings. The molecule has 1 unspecified atom stereocenters. The van der Waals surface area contributed by atoms with E-state index in [0.717, 1.165) is 18.4 Å². The first kappa shape index (κ1) is 25.6. The molecule has 2 aromatic rings. The van der Waals surface area contributed by atoms with Crippen LogP contribution in [0.25, 0.3) is 10.2 Å². The zero-order chi connectivity index (χ0) is 23.4. The molecule has 1 heterocycles. The third-order valence-corrected chi connectivity index (χ3v) is 7.34. The summed E-state index contributed by atoms with van der Waals surface area (Å²) in [6, 6.07) is 6.64. The Hall–Kier alpha value is -1.68. The molecule has 0 saturated heterocycles.